The summed E-state index contributed by atoms with van der Waals surface area (Å²) in [7, 11) is 1.33. The largest absolute Gasteiger partial charge is 0.548 e. The maximum absolute atomic E-state index is 13.3. The fourth-order valence-corrected chi connectivity index (χ4v) is 2.32. The molecule has 0 spiro atoms. The molecule has 2 aromatic rings. The molecule has 22 heavy (non-hydrogen) atoms. The number of nitriles is 1. The summed E-state index contributed by atoms with van der Waals surface area (Å²) in [6, 6.07) is 3.85. The van der Waals surface area contributed by atoms with Gasteiger partial charge in [-0.1, -0.05) is 0 Å². The molecule has 0 saturated carbocycles. The number of hydrogen-bond donors (Lipinski definition) is 0. The molecule has 116 valence electrons. The lowest BCUT2D eigenvalue weighted by molar-refractivity contribution is -0.309. The first-order chi connectivity index (χ1) is 10.2. The van der Waals surface area contributed by atoms with Gasteiger partial charge in [-0.2, -0.15) is 18.4 Å². The highest BCUT2D eigenvalue weighted by molar-refractivity contribution is 5.91. The first kappa shape index (κ1) is 15.7. The zero-order chi connectivity index (χ0) is 16.7. The zero-order valence-corrected chi connectivity index (χ0v) is 11.6. The van der Waals surface area contributed by atoms with Crippen molar-refractivity contribution in [3.8, 4) is 11.8 Å². The Hall–Kier alpha value is -2.69. The predicted molar refractivity (Wildman–Crippen MR) is 67.9 cm³/mol. The van der Waals surface area contributed by atoms with E-state index in [1.165, 1.54) is 31.4 Å². The van der Waals surface area contributed by atoms with Crippen LogP contribution in [0.15, 0.2) is 18.2 Å². The van der Waals surface area contributed by atoms with E-state index in [1.807, 2.05) is 0 Å². The van der Waals surface area contributed by atoms with Crippen molar-refractivity contribution in [1.29, 1.82) is 5.26 Å². The van der Waals surface area contributed by atoms with E-state index in [-0.39, 0.29) is 16.7 Å². The third kappa shape index (κ3) is 2.35. The number of aliphatic carboxylic acids is 1. The minimum atomic E-state index is -4.89. The van der Waals surface area contributed by atoms with Crippen LogP contribution in [0, 0.1) is 11.3 Å². The van der Waals surface area contributed by atoms with Gasteiger partial charge in [-0.05, 0) is 19.1 Å². The quantitative estimate of drug-likeness (QED) is 0.866. The number of carbonyl (C=O) groups is 1. The van der Waals surface area contributed by atoms with Crippen LogP contribution in [0.2, 0.25) is 0 Å². The van der Waals surface area contributed by atoms with Crippen LogP contribution in [0.1, 0.15) is 24.2 Å². The standard InChI is InChI=1S/C14H11F3N2O3/c1-7(13(20)21)19-11-5-8(22-2)3-4-9(11)10(6-18)12(19)14(15,16)17/h3-5,7H,1-2H3,(H,20,21)/p-1. The van der Waals surface area contributed by atoms with Gasteiger partial charge in [0, 0.05) is 11.5 Å². The molecule has 0 saturated heterocycles. The molecule has 1 heterocycles. The number of ether oxygens (including phenoxy) is 1. The molecule has 1 atom stereocenters. The summed E-state index contributed by atoms with van der Waals surface area (Å²) in [6.45, 7) is 1.06. The highest BCUT2D eigenvalue weighted by atomic mass is 19.4. The third-order valence-electron chi connectivity index (χ3n) is 3.32. The molecule has 0 aliphatic carbocycles. The van der Waals surface area contributed by atoms with Gasteiger partial charge in [-0.3, -0.25) is 0 Å². The van der Waals surface area contributed by atoms with Crippen LogP contribution in [0.3, 0.4) is 0 Å². The number of rotatable bonds is 3. The number of nitrogens with zero attached hydrogens (tertiary/aromatic N) is 2. The van der Waals surface area contributed by atoms with Crippen molar-refractivity contribution < 1.29 is 27.8 Å². The summed E-state index contributed by atoms with van der Waals surface area (Å²) >= 11 is 0. The maximum Gasteiger partial charge on any atom is 0.432 e. The lowest BCUT2D eigenvalue weighted by atomic mass is 10.1. The topological polar surface area (TPSA) is 78.1 Å². The molecule has 1 aromatic heterocycles. The van der Waals surface area contributed by atoms with Crippen molar-refractivity contribution in [1.82, 2.24) is 4.57 Å². The number of methoxy groups -OCH3 is 1. The van der Waals surface area contributed by atoms with Crippen molar-refractivity contribution in [2.45, 2.75) is 19.1 Å². The molecule has 2 rings (SSSR count). The first-order valence-corrected chi connectivity index (χ1v) is 6.12. The predicted octanol–water partition coefficient (Wildman–Crippen LogP) is 1.85. The molecule has 0 N–H and O–H groups in total. The van der Waals surface area contributed by atoms with E-state index in [0.29, 0.717) is 4.57 Å². The van der Waals surface area contributed by atoms with Gasteiger partial charge >= 0.3 is 6.18 Å². The SMILES string of the molecule is COc1ccc2c(C#N)c(C(F)(F)F)n(C(C)C(=O)[O-])c2c1. The smallest absolute Gasteiger partial charge is 0.432 e. The Morgan fingerprint density at radius 1 is 1.45 bits per heavy atom. The van der Waals surface area contributed by atoms with Crippen LogP contribution in [0.25, 0.3) is 10.9 Å². The Kier molecular flexibility index (Phi) is 3.75. The average molecular weight is 311 g/mol. The van der Waals surface area contributed by atoms with Crippen molar-refractivity contribution in [2.24, 2.45) is 0 Å². The van der Waals surface area contributed by atoms with E-state index < -0.39 is 29.4 Å². The van der Waals surface area contributed by atoms with E-state index in [0.717, 1.165) is 6.92 Å². The van der Waals surface area contributed by atoms with Crippen molar-refractivity contribution >= 4 is 16.9 Å². The van der Waals surface area contributed by atoms with E-state index >= 15 is 0 Å². The van der Waals surface area contributed by atoms with Gasteiger partial charge in [0.25, 0.3) is 0 Å². The van der Waals surface area contributed by atoms with Crippen LogP contribution >= 0.6 is 0 Å². The van der Waals surface area contributed by atoms with Gasteiger partial charge in [0.1, 0.15) is 17.5 Å². The minimum absolute atomic E-state index is 0.00345. The molecular weight excluding hydrogens is 301 g/mol. The number of alkyl halides is 3. The van der Waals surface area contributed by atoms with Crippen LogP contribution < -0.4 is 9.84 Å². The second-order valence-electron chi connectivity index (χ2n) is 4.58. The zero-order valence-electron chi connectivity index (χ0n) is 11.6. The molecule has 8 heteroatoms. The second-order valence-corrected chi connectivity index (χ2v) is 4.58. The number of benzene rings is 1. The van der Waals surface area contributed by atoms with E-state index in [4.69, 9.17) is 10.00 Å². The Morgan fingerprint density at radius 2 is 2.09 bits per heavy atom. The number of aromatic nitrogens is 1. The minimum Gasteiger partial charge on any atom is -0.548 e. The van der Waals surface area contributed by atoms with Gasteiger partial charge < -0.3 is 19.2 Å². The number of hydrogen-bond acceptors (Lipinski definition) is 4. The molecule has 0 radical (unpaired) electrons. The maximum atomic E-state index is 13.3. The van der Waals surface area contributed by atoms with Gasteiger partial charge in [0.15, 0.2) is 0 Å². The normalized spacial score (nSPS) is 12.9. The second kappa shape index (κ2) is 5.26. The summed E-state index contributed by atoms with van der Waals surface area (Å²) in [4.78, 5) is 11.1. The molecule has 5 nitrogen and oxygen atoms in total. The lowest BCUT2D eigenvalue weighted by Gasteiger charge is -2.21. The average Bonchev–Trinajstić information content (AvgIpc) is 2.79. The van der Waals surface area contributed by atoms with Gasteiger partial charge in [-0.25, -0.2) is 0 Å². The van der Waals surface area contributed by atoms with Crippen LogP contribution in [-0.4, -0.2) is 17.6 Å². The van der Waals surface area contributed by atoms with Crippen molar-refractivity contribution in [3.63, 3.8) is 0 Å². The summed E-state index contributed by atoms with van der Waals surface area (Å²) in [5.74, 6) is -1.44. The molecule has 0 bridgehead atoms. The van der Waals surface area contributed by atoms with Crippen LogP contribution in [0.4, 0.5) is 13.2 Å². The van der Waals surface area contributed by atoms with Crippen LogP contribution in [0.5, 0.6) is 5.75 Å². The summed E-state index contributed by atoms with van der Waals surface area (Å²) < 4.78 is 45.5. The monoisotopic (exact) mass is 311 g/mol. The van der Waals surface area contributed by atoms with Gasteiger partial charge in [0.05, 0.1) is 30.2 Å². The molecule has 0 amide bonds. The Morgan fingerprint density at radius 3 is 2.55 bits per heavy atom. The fraction of sp³-hybridized carbons (Fsp3) is 0.286. The Bertz CT molecular complexity index is 787. The van der Waals surface area contributed by atoms with E-state index in [1.54, 1.807) is 0 Å². The van der Waals surface area contributed by atoms with E-state index in [2.05, 4.69) is 0 Å². The third-order valence-corrected chi connectivity index (χ3v) is 3.32. The Labute approximate surface area is 123 Å². The number of carbonyl (C=O) groups excluding carboxylic acids is 1. The molecule has 0 fully saturated rings. The summed E-state index contributed by atoms with van der Waals surface area (Å²) in [5, 5.41) is 20.1. The Balaban J connectivity index is 2.99. The van der Waals surface area contributed by atoms with Crippen molar-refractivity contribution in [3.05, 3.63) is 29.5 Å². The summed E-state index contributed by atoms with van der Waals surface area (Å²) in [5.41, 5.74) is -1.99. The highest BCUT2D eigenvalue weighted by Gasteiger charge is 2.40. The number of halogens is 3. The van der Waals surface area contributed by atoms with Crippen LogP contribution in [-0.2, 0) is 11.0 Å². The first-order valence-electron chi connectivity index (χ1n) is 6.12. The van der Waals surface area contributed by atoms with E-state index in [9.17, 15) is 23.1 Å². The van der Waals surface area contributed by atoms with Gasteiger partial charge in [-0.15, -0.1) is 0 Å². The molecular formula is C14H10F3N2O3-. The lowest BCUT2D eigenvalue weighted by Crippen LogP contribution is -2.33. The molecule has 0 aliphatic heterocycles. The highest BCUT2D eigenvalue weighted by Crippen LogP contribution is 2.40. The molecule has 1 aromatic carbocycles. The number of fused-ring (bicyclic) bond motifs is 1. The number of carboxylic acid groups (broad SMARTS) is 1. The fourth-order valence-electron chi connectivity index (χ4n) is 2.32. The molecule has 0 aliphatic rings. The van der Waals surface area contributed by atoms with Crippen molar-refractivity contribution in [2.75, 3.05) is 7.11 Å². The van der Waals surface area contributed by atoms with Gasteiger partial charge in [0.2, 0.25) is 0 Å². The number of carboxylic acids is 1. The molecule has 1 unspecified atom stereocenters. The summed E-state index contributed by atoms with van der Waals surface area (Å²) in [6.07, 6.45) is -4.89.